The van der Waals surface area contributed by atoms with E-state index in [-0.39, 0.29) is 0 Å². The van der Waals surface area contributed by atoms with Gasteiger partial charge in [-0.2, -0.15) is 0 Å². The van der Waals surface area contributed by atoms with Crippen molar-refractivity contribution in [2.75, 3.05) is 32.8 Å². The van der Waals surface area contributed by atoms with Crippen molar-refractivity contribution >= 4 is 10.9 Å². The highest BCUT2D eigenvalue weighted by Gasteiger charge is 2.08. The van der Waals surface area contributed by atoms with Crippen molar-refractivity contribution < 1.29 is 0 Å². The standard InChI is InChI=1S/C14H20N4/c1-2-4-14-13(3-1)12(10-17-14)9-16-11-18-7-5-15-6-8-18/h1-4,10,15-17H,5-9,11H2. The van der Waals surface area contributed by atoms with Gasteiger partial charge in [0.1, 0.15) is 0 Å². The predicted octanol–water partition coefficient (Wildman–Crippen LogP) is 1.12. The zero-order chi connectivity index (χ0) is 12.2. The number of H-pyrrole nitrogens is 1. The molecule has 0 bridgehead atoms. The summed E-state index contributed by atoms with van der Waals surface area (Å²) in [5.41, 5.74) is 2.57. The topological polar surface area (TPSA) is 43.1 Å². The van der Waals surface area contributed by atoms with Crippen LogP contribution in [0, 0.1) is 0 Å². The Hall–Kier alpha value is -1.36. The molecular weight excluding hydrogens is 224 g/mol. The Morgan fingerprint density at radius 3 is 2.89 bits per heavy atom. The third-order valence-electron chi connectivity index (χ3n) is 3.54. The molecule has 2 heterocycles. The van der Waals surface area contributed by atoms with Gasteiger partial charge in [0, 0.05) is 56.5 Å². The van der Waals surface area contributed by atoms with Crippen LogP contribution in [-0.4, -0.2) is 42.7 Å². The molecular formula is C14H20N4. The summed E-state index contributed by atoms with van der Waals surface area (Å²) in [6.45, 7) is 6.39. The largest absolute Gasteiger partial charge is 0.361 e. The van der Waals surface area contributed by atoms with Gasteiger partial charge < -0.3 is 15.6 Å². The van der Waals surface area contributed by atoms with Crippen LogP contribution >= 0.6 is 0 Å². The highest BCUT2D eigenvalue weighted by Crippen LogP contribution is 2.17. The van der Waals surface area contributed by atoms with Gasteiger partial charge in [0.05, 0.1) is 0 Å². The van der Waals surface area contributed by atoms with Crippen LogP contribution in [0.5, 0.6) is 0 Å². The van der Waals surface area contributed by atoms with Crippen molar-refractivity contribution in [3.05, 3.63) is 36.0 Å². The van der Waals surface area contributed by atoms with Gasteiger partial charge in [0.2, 0.25) is 0 Å². The number of nitrogens with one attached hydrogen (secondary N) is 3. The van der Waals surface area contributed by atoms with E-state index < -0.39 is 0 Å². The lowest BCUT2D eigenvalue weighted by Crippen LogP contribution is -2.46. The van der Waals surface area contributed by atoms with Crippen LogP contribution in [0.4, 0.5) is 0 Å². The van der Waals surface area contributed by atoms with Gasteiger partial charge in [-0.15, -0.1) is 0 Å². The number of fused-ring (bicyclic) bond motifs is 1. The molecule has 96 valence electrons. The van der Waals surface area contributed by atoms with Gasteiger partial charge in [0.15, 0.2) is 0 Å². The molecule has 18 heavy (non-hydrogen) atoms. The molecule has 1 aliphatic heterocycles. The summed E-state index contributed by atoms with van der Waals surface area (Å²) < 4.78 is 0. The fourth-order valence-corrected chi connectivity index (χ4v) is 2.50. The van der Waals surface area contributed by atoms with Crippen LogP contribution in [0.25, 0.3) is 10.9 Å². The SMILES string of the molecule is c1ccc2c(CNCN3CCNCC3)c[nH]c2c1. The number of aromatic amines is 1. The van der Waals surface area contributed by atoms with E-state index in [9.17, 15) is 0 Å². The lowest BCUT2D eigenvalue weighted by Gasteiger charge is -2.27. The summed E-state index contributed by atoms with van der Waals surface area (Å²) in [6, 6.07) is 8.45. The Bertz CT molecular complexity index is 499. The molecule has 0 spiro atoms. The second-order valence-electron chi connectivity index (χ2n) is 4.81. The zero-order valence-corrected chi connectivity index (χ0v) is 10.6. The second kappa shape index (κ2) is 5.52. The number of para-hydroxylation sites is 1. The minimum Gasteiger partial charge on any atom is -0.361 e. The monoisotopic (exact) mass is 244 g/mol. The van der Waals surface area contributed by atoms with Crippen molar-refractivity contribution in [2.45, 2.75) is 6.54 Å². The summed E-state index contributed by atoms with van der Waals surface area (Å²) in [5.74, 6) is 0. The smallest absolute Gasteiger partial charge is 0.0484 e. The van der Waals surface area contributed by atoms with E-state index in [1.165, 1.54) is 16.5 Å². The fraction of sp³-hybridized carbons (Fsp3) is 0.429. The minimum atomic E-state index is 0.925. The van der Waals surface area contributed by atoms with Crippen LogP contribution in [0.2, 0.25) is 0 Å². The van der Waals surface area contributed by atoms with Gasteiger partial charge in [-0.3, -0.25) is 4.90 Å². The van der Waals surface area contributed by atoms with Gasteiger partial charge in [0.25, 0.3) is 0 Å². The van der Waals surface area contributed by atoms with E-state index in [1.807, 2.05) is 0 Å². The molecule has 0 radical (unpaired) electrons. The zero-order valence-electron chi connectivity index (χ0n) is 10.6. The quantitative estimate of drug-likeness (QED) is 0.755. The summed E-state index contributed by atoms with van der Waals surface area (Å²) in [5, 5.41) is 8.22. The first-order valence-corrected chi connectivity index (χ1v) is 6.62. The highest BCUT2D eigenvalue weighted by atomic mass is 15.3. The average Bonchev–Trinajstić information content (AvgIpc) is 2.84. The number of benzene rings is 1. The maximum Gasteiger partial charge on any atom is 0.0484 e. The lowest BCUT2D eigenvalue weighted by molar-refractivity contribution is 0.223. The van der Waals surface area contributed by atoms with Crippen molar-refractivity contribution in [3.63, 3.8) is 0 Å². The minimum absolute atomic E-state index is 0.925. The second-order valence-corrected chi connectivity index (χ2v) is 4.81. The lowest BCUT2D eigenvalue weighted by atomic mass is 10.2. The Balaban J connectivity index is 1.56. The van der Waals surface area contributed by atoms with E-state index >= 15 is 0 Å². The molecule has 0 unspecified atom stereocenters. The Labute approximate surface area is 107 Å². The van der Waals surface area contributed by atoms with E-state index in [2.05, 4.69) is 51.0 Å². The summed E-state index contributed by atoms with van der Waals surface area (Å²) in [7, 11) is 0. The maximum atomic E-state index is 3.53. The Kier molecular flexibility index (Phi) is 3.59. The summed E-state index contributed by atoms with van der Waals surface area (Å²) >= 11 is 0. The molecule has 4 nitrogen and oxygen atoms in total. The fourth-order valence-electron chi connectivity index (χ4n) is 2.50. The van der Waals surface area contributed by atoms with Crippen molar-refractivity contribution in [2.24, 2.45) is 0 Å². The molecule has 1 aliphatic rings. The molecule has 0 amide bonds. The van der Waals surface area contributed by atoms with Gasteiger partial charge in [-0.25, -0.2) is 0 Å². The Morgan fingerprint density at radius 1 is 1.17 bits per heavy atom. The molecule has 1 aromatic carbocycles. The van der Waals surface area contributed by atoms with Gasteiger partial charge in [-0.1, -0.05) is 18.2 Å². The van der Waals surface area contributed by atoms with Gasteiger partial charge >= 0.3 is 0 Å². The molecule has 1 saturated heterocycles. The normalized spacial score (nSPS) is 17.3. The van der Waals surface area contributed by atoms with Gasteiger partial charge in [-0.05, 0) is 11.6 Å². The van der Waals surface area contributed by atoms with E-state index in [0.29, 0.717) is 0 Å². The van der Waals surface area contributed by atoms with E-state index in [1.54, 1.807) is 0 Å². The van der Waals surface area contributed by atoms with Crippen molar-refractivity contribution in [3.8, 4) is 0 Å². The third kappa shape index (κ3) is 2.56. The highest BCUT2D eigenvalue weighted by molar-refractivity contribution is 5.82. The molecule has 2 aromatic rings. The van der Waals surface area contributed by atoms with Crippen LogP contribution < -0.4 is 10.6 Å². The summed E-state index contributed by atoms with van der Waals surface area (Å²) in [4.78, 5) is 5.76. The first-order chi connectivity index (χ1) is 8.93. The first kappa shape index (κ1) is 11.7. The predicted molar refractivity (Wildman–Crippen MR) is 74.4 cm³/mol. The number of rotatable bonds is 4. The Morgan fingerprint density at radius 2 is 2.00 bits per heavy atom. The molecule has 0 atom stereocenters. The van der Waals surface area contributed by atoms with E-state index in [0.717, 1.165) is 39.4 Å². The van der Waals surface area contributed by atoms with E-state index in [4.69, 9.17) is 0 Å². The number of hydrogen-bond acceptors (Lipinski definition) is 3. The van der Waals surface area contributed by atoms with Crippen LogP contribution in [0.3, 0.4) is 0 Å². The first-order valence-electron chi connectivity index (χ1n) is 6.62. The number of nitrogens with zero attached hydrogens (tertiary/aromatic N) is 1. The molecule has 3 N–H and O–H groups in total. The third-order valence-corrected chi connectivity index (χ3v) is 3.54. The maximum absolute atomic E-state index is 3.53. The molecule has 4 heteroatoms. The molecule has 0 saturated carbocycles. The number of hydrogen-bond donors (Lipinski definition) is 3. The average molecular weight is 244 g/mol. The van der Waals surface area contributed by atoms with Crippen molar-refractivity contribution in [1.29, 1.82) is 0 Å². The van der Waals surface area contributed by atoms with Crippen LogP contribution in [0.15, 0.2) is 30.5 Å². The number of piperazine rings is 1. The number of aromatic nitrogens is 1. The molecule has 3 rings (SSSR count). The summed E-state index contributed by atoms with van der Waals surface area (Å²) in [6.07, 6.45) is 2.11. The molecule has 1 fully saturated rings. The molecule has 0 aliphatic carbocycles. The molecule has 1 aromatic heterocycles. The van der Waals surface area contributed by atoms with Crippen LogP contribution in [0.1, 0.15) is 5.56 Å². The van der Waals surface area contributed by atoms with Crippen molar-refractivity contribution in [1.82, 2.24) is 20.5 Å². The van der Waals surface area contributed by atoms with Crippen LogP contribution in [-0.2, 0) is 6.54 Å².